The quantitative estimate of drug-likeness (QED) is 0.342. The van der Waals surface area contributed by atoms with Crippen LogP contribution in [-0.2, 0) is 11.4 Å². The highest BCUT2D eigenvalue weighted by molar-refractivity contribution is 5.72. The Balaban J connectivity index is 1.45. The molecule has 0 fully saturated rings. The summed E-state index contributed by atoms with van der Waals surface area (Å²) >= 11 is 0. The van der Waals surface area contributed by atoms with Gasteiger partial charge in [-0.2, -0.15) is 0 Å². The molecule has 1 unspecified atom stereocenters. The van der Waals surface area contributed by atoms with Crippen LogP contribution in [0.1, 0.15) is 54.4 Å². The van der Waals surface area contributed by atoms with E-state index in [1.54, 1.807) is 0 Å². The Kier molecular flexibility index (Phi) is 7.41. The van der Waals surface area contributed by atoms with Gasteiger partial charge < -0.3 is 19.3 Å². The number of carboxylic acid groups (broad SMARTS) is 1. The normalized spacial score (nSPS) is 14.4. The van der Waals surface area contributed by atoms with E-state index in [-0.39, 0.29) is 12.3 Å². The summed E-state index contributed by atoms with van der Waals surface area (Å²) in [5.41, 5.74) is 6.77. The van der Waals surface area contributed by atoms with Crippen molar-refractivity contribution in [3.63, 3.8) is 0 Å². The van der Waals surface area contributed by atoms with Gasteiger partial charge in [-0.05, 0) is 72.4 Å². The van der Waals surface area contributed by atoms with Crippen LogP contribution in [0.3, 0.4) is 0 Å². The van der Waals surface area contributed by atoms with Gasteiger partial charge in [0.15, 0.2) is 0 Å². The van der Waals surface area contributed by atoms with Crippen LogP contribution < -0.4 is 14.2 Å². The molecule has 0 spiro atoms. The average molecular weight is 461 g/mol. The summed E-state index contributed by atoms with van der Waals surface area (Å²) in [6.07, 6.45) is 2.25. The number of fused-ring (bicyclic) bond motifs is 1. The third-order valence-electron chi connectivity index (χ3n) is 6.18. The maximum atomic E-state index is 11.0. The Hall–Kier alpha value is -3.47. The molecule has 0 saturated heterocycles. The number of hydrogen-bond acceptors (Lipinski definition) is 4. The van der Waals surface area contributed by atoms with Crippen LogP contribution in [0.25, 0.3) is 11.1 Å². The summed E-state index contributed by atoms with van der Waals surface area (Å²) in [6.45, 7) is 7.99. The number of rotatable bonds is 10. The zero-order valence-electron chi connectivity index (χ0n) is 20.1. The lowest BCUT2D eigenvalue weighted by atomic mass is 9.94. The maximum Gasteiger partial charge on any atom is 0.304 e. The van der Waals surface area contributed by atoms with Crippen molar-refractivity contribution in [2.45, 2.75) is 52.6 Å². The minimum atomic E-state index is -0.814. The molecule has 0 radical (unpaired) electrons. The van der Waals surface area contributed by atoms with Crippen LogP contribution in [0, 0.1) is 13.8 Å². The number of benzene rings is 3. The lowest BCUT2D eigenvalue weighted by molar-refractivity contribution is -0.137. The fourth-order valence-electron chi connectivity index (χ4n) is 4.51. The van der Waals surface area contributed by atoms with E-state index >= 15 is 0 Å². The van der Waals surface area contributed by atoms with Gasteiger partial charge in [0, 0.05) is 17.5 Å². The molecule has 0 amide bonds. The zero-order valence-corrected chi connectivity index (χ0v) is 20.1. The van der Waals surface area contributed by atoms with Gasteiger partial charge in [-0.15, -0.1) is 0 Å². The Bertz CT molecular complexity index is 1140. The fraction of sp³-hybridized carbons (Fsp3) is 0.345. The van der Waals surface area contributed by atoms with Gasteiger partial charge in [0.1, 0.15) is 23.9 Å². The van der Waals surface area contributed by atoms with Crippen LogP contribution >= 0.6 is 0 Å². The first kappa shape index (κ1) is 23.7. The van der Waals surface area contributed by atoms with E-state index < -0.39 is 5.97 Å². The first-order valence-electron chi connectivity index (χ1n) is 11.9. The van der Waals surface area contributed by atoms with E-state index in [1.165, 1.54) is 16.7 Å². The van der Waals surface area contributed by atoms with E-state index in [9.17, 15) is 4.79 Å². The molecule has 5 heteroatoms. The lowest BCUT2D eigenvalue weighted by Crippen LogP contribution is -2.07. The summed E-state index contributed by atoms with van der Waals surface area (Å²) in [6, 6.07) is 18.3. The molecule has 1 heterocycles. The predicted molar refractivity (Wildman–Crippen MR) is 133 cm³/mol. The van der Waals surface area contributed by atoms with Crippen molar-refractivity contribution in [1.82, 2.24) is 0 Å². The number of unbranched alkanes of at least 4 members (excludes halogenated alkanes) is 1. The number of carboxylic acids is 1. The molecule has 34 heavy (non-hydrogen) atoms. The van der Waals surface area contributed by atoms with E-state index in [4.69, 9.17) is 19.3 Å². The smallest absolute Gasteiger partial charge is 0.304 e. The first-order valence-corrected chi connectivity index (χ1v) is 11.9. The molecular formula is C29H32O5. The maximum absolute atomic E-state index is 11.0. The summed E-state index contributed by atoms with van der Waals surface area (Å²) in [5.74, 6) is 1.43. The van der Waals surface area contributed by atoms with Crippen LogP contribution in [0.4, 0.5) is 0 Å². The molecule has 1 aliphatic rings. The Morgan fingerprint density at radius 1 is 1.03 bits per heavy atom. The van der Waals surface area contributed by atoms with Gasteiger partial charge in [0.2, 0.25) is 0 Å². The average Bonchev–Trinajstić information content (AvgIpc) is 3.19. The molecular weight excluding hydrogens is 428 g/mol. The molecule has 0 saturated carbocycles. The highest BCUT2D eigenvalue weighted by Crippen LogP contribution is 2.38. The molecule has 1 atom stereocenters. The molecule has 4 rings (SSSR count). The molecule has 0 aromatic heterocycles. The molecule has 3 aromatic rings. The van der Waals surface area contributed by atoms with E-state index in [2.05, 4.69) is 57.2 Å². The summed E-state index contributed by atoms with van der Waals surface area (Å²) in [4.78, 5) is 11.0. The van der Waals surface area contributed by atoms with Crippen molar-refractivity contribution in [3.05, 3.63) is 76.9 Å². The lowest BCUT2D eigenvalue weighted by Gasteiger charge is -2.15. The van der Waals surface area contributed by atoms with Gasteiger partial charge in [-0.25, -0.2) is 0 Å². The van der Waals surface area contributed by atoms with Crippen molar-refractivity contribution in [1.29, 1.82) is 0 Å². The van der Waals surface area contributed by atoms with Crippen LogP contribution in [0.5, 0.6) is 17.2 Å². The monoisotopic (exact) mass is 460 g/mol. The molecule has 3 aromatic carbocycles. The third kappa shape index (κ3) is 5.53. The number of ether oxygens (including phenoxy) is 3. The largest absolute Gasteiger partial charge is 0.494 e. The van der Waals surface area contributed by atoms with Crippen molar-refractivity contribution in [2.24, 2.45) is 0 Å². The van der Waals surface area contributed by atoms with Crippen molar-refractivity contribution in [2.75, 3.05) is 13.2 Å². The van der Waals surface area contributed by atoms with Gasteiger partial charge in [0.05, 0.1) is 19.6 Å². The first-order chi connectivity index (χ1) is 16.4. The fourth-order valence-corrected chi connectivity index (χ4v) is 4.51. The Labute approximate surface area is 201 Å². The van der Waals surface area contributed by atoms with Crippen molar-refractivity contribution >= 4 is 5.97 Å². The van der Waals surface area contributed by atoms with Crippen LogP contribution in [0.15, 0.2) is 54.6 Å². The minimum absolute atomic E-state index is 0.0741. The number of aryl methyl sites for hydroxylation is 2. The van der Waals surface area contributed by atoms with Gasteiger partial charge >= 0.3 is 5.97 Å². The van der Waals surface area contributed by atoms with Crippen LogP contribution in [0.2, 0.25) is 0 Å². The summed E-state index contributed by atoms with van der Waals surface area (Å²) in [7, 11) is 0. The van der Waals surface area contributed by atoms with E-state index in [0.29, 0.717) is 24.7 Å². The molecule has 178 valence electrons. The Morgan fingerprint density at radius 2 is 1.82 bits per heavy atom. The van der Waals surface area contributed by atoms with Crippen molar-refractivity contribution in [3.8, 4) is 28.4 Å². The number of hydrogen-bond donors (Lipinski definition) is 1. The molecule has 0 aliphatic carbocycles. The molecule has 1 aliphatic heterocycles. The minimum Gasteiger partial charge on any atom is -0.494 e. The third-order valence-corrected chi connectivity index (χ3v) is 6.18. The molecule has 5 nitrogen and oxygen atoms in total. The Morgan fingerprint density at radius 3 is 2.56 bits per heavy atom. The highest BCUT2D eigenvalue weighted by Gasteiger charge is 2.26. The molecule has 0 bridgehead atoms. The van der Waals surface area contributed by atoms with Gasteiger partial charge in [0.25, 0.3) is 0 Å². The van der Waals surface area contributed by atoms with E-state index in [1.807, 2.05) is 18.2 Å². The summed E-state index contributed by atoms with van der Waals surface area (Å²) < 4.78 is 17.6. The van der Waals surface area contributed by atoms with Gasteiger partial charge in [-0.3, -0.25) is 4.79 Å². The summed E-state index contributed by atoms with van der Waals surface area (Å²) in [5, 5.41) is 9.07. The topological polar surface area (TPSA) is 65.0 Å². The second-order valence-corrected chi connectivity index (χ2v) is 8.93. The number of aliphatic carboxylic acids is 1. The second kappa shape index (κ2) is 10.6. The predicted octanol–water partition coefficient (Wildman–Crippen LogP) is 6.68. The van der Waals surface area contributed by atoms with Crippen molar-refractivity contribution < 1.29 is 24.1 Å². The standard InChI is InChI=1S/C29H32O5/c1-4-5-11-32-25-12-19(2)29(20(3)13-25)22-8-6-7-21(14-22)17-33-24-9-10-26-23(15-28(30)31)18-34-27(26)16-24/h6-10,12-14,16,23H,4-5,11,15,17-18H2,1-3H3,(H,30,31). The zero-order chi connectivity index (χ0) is 24.1. The number of carbonyl (C=O) groups is 1. The molecule has 1 N–H and O–H groups in total. The van der Waals surface area contributed by atoms with E-state index in [0.717, 1.165) is 41.9 Å². The van der Waals surface area contributed by atoms with Crippen LogP contribution in [-0.4, -0.2) is 24.3 Å². The highest BCUT2D eigenvalue weighted by atomic mass is 16.5. The second-order valence-electron chi connectivity index (χ2n) is 8.93. The van der Waals surface area contributed by atoms with Gasteiger partial charge in [-0.1, -0.05) is 37.6 Å². The SMILES string of the molecule is CCCCOc1cc(C)c(-c2cccc(COc3ccc4c(c3)OCC4CC(=O)O)c2)c(C)c1.